The van der Waals surface area contributed by atoms with Gasteiger partial charge in [0.1, 0.15) is 4.90 Å². The highest BCUT2D eigenvalue weighted by Gasteiger charge is 2.14. The number of hydrogen-bond donors (Lipinski definition) is 2. The van der Waals surface area contributed by atoms with Gasteiger partial charge >= 0.3 is 0 Å². The molecule has 2 rings (SSSR count). The van der Waals surface area contributed by atoms with Crippen molar-refractivity contribution in [1.82, 2.24) is 4.98 Å². The summed E-state index contributed by atoms with van der Waals surface area (Å²) in [5.41, 5.74) is 6.07. The monoisotopic (exact) mass is 224 g/mol. The highest BCUT2D eigenvalue weighted by Crippen LogP contribution is 2.26. The summed E-state index contributed by atoms with van der Waals surface area (Å²) in [6.07, 6.45) is 2.90. The lowest BCUT2D eigenvalue weighted by atomic mass is 10.1. The molecule has 2 aromatic rings. The topological polar surface area (TPSA) is 93.3 Å². The van der Waals surface area contributed by atoms with Crippen LogP contribution < -0.4 is 5.73 Å². The number of nitrogen functional groups attached to an aromatic ring is 1. The zero-order chi connectivity index (χ0) is 11.1. The second-order valence-electron chi connectivity index (χ2n) is 3.05. The summed E-state index contributed by atoms with van der Waals surface area (Å²) in [5.74, 6) is 0. The smallest absolute Gasteiger partial charge is 0.295 e. The first-order valence-electron chi connectivity index (χ1n) is 4.10. The summed E-state index contributed by atoms with van der Waals surface area (Å²) < 4.78 is 31.1. The molecule has 0 fully saturated rings. The number of benzene rings is 1. The van der Waals surface area contributed by atoms with Crippen LogP contribution in [-0.4, -0.2) is 18.0 Å². The van der Waals surface area contributed by atoms with E-state index in [9.17, 15) is 8.42 Å². The molecule has 0 aliphatic carbocycles. The third-order valence-electron chi connectivity index (χ3n) is 2.09. The summed E-state index contributed by atoms with van der Waals surface area (Å²) in [4.78, 5) is 3.68. The van der Waals surface area contributed by atoms with E-state index in [4.69, 9.17) is 10.3 Å². The molecule has 0 amide bonds. The van der Waals surface area contributed by atoms with Gasteiger partial charge in [-0.2, -0.15) is 8.42 Å². The van der Waals surface area contributed by atoms with Crippen molar-refractivity contribution in [1.29, 1.82) is 0 Å². The lowest BCUT2D eigenvalue weighted by Crippen LogP contribution is -2.00. The molecule has 0 atom stereocenters. The molecule has 0 radical (unpaired) electrons. The number of nitrogens with two attached hydrogens (primary N) is 1. The zero-order valence-corrected chi connectivity index (χ0v) is 8.40. The first-order chi connectivity index (χ1) is 7.00. The molecule has 0 aliphatic rings. The summed E-state index contributed by atoms with van der Waals surface area (Å²) in [6.45, 7) is 0. The standard InChI is InChI=1S/C9H8N2O3S/c10-8-1-2-9(15(12,13)14)6-3-4-11-5-7(6)8/h1-5H,10H2,(H,12,13,14). The van der Waals surface area contributed by atoms with Crippen LogP contribution in [0, 0.1) is 0 Å². The van der Waals surface area contributed by atoms with Crippen molar-refractivity contribution >= 4 is 26.6 Å². The Labute approximate surface area is 86.3 Å². The van der Waals surface area contributed by atoms with Crippen LogP contribution in [0.15, 0.2) is 35.5 Å². The Bertz CT molecular complexity index is 622. The van der Waals surface area contributed by atoms with Crippen molar-refractivity contribution in [3.05, 3.63) is 30.6 Å². The van der Waals surface area contributed by atoms with E-state index < -0.39 is 10.1 Å². The Balaban J connectivity index is 2.96. The van der Waals surface area contributed by atoms with Crippen molar-refractivity contribution in [3.63, 3.8) is 0 Å². The fraction of sp³-hybridized carbons (Fsp3) is 0. The molecule has 0 spiro atoms. The van der Waals surface area contributed by atoms with Gasteiger partial charge in [-0.1, -0.05) is 0 Å². The maximum Gasteiger partial charge on any atom is 0.295 e. The second-order valence-corrected chi connectivity index (χ2v) is 4.44. The van der Waals surface area contributed by atoms with Gasteiger partial charge in [0.05, 0.1) is 0 Å². The average molecular weight is 224 g/mol. The molecule has 78 valence electrons. The number of pyridine rings is 1. The summed E-state index contributed by atoms with van der Waals surface area (Å²) in [6, 6.07) is 4.19. The van der Waals surface area contributed by atoms with Crippen LogP contribution in [0.3, 0.4) is 0 Å². The molecular weight excluding hydrogens is 216 g/mol. The van der Waals surface area contributed by atoms with E-state index in [1.807, 2.05) is 0 Å². The molecule has 15 heavy (non-hydrogen) atoms. The van der Waals surface area contributed by atoms with Gasteiger partial charge in [0.15, 0.2) is 0 Å². The summed E-state index contributed by atoms with van der Waals surface area (Å²) in [5, 5.41) is 0.875. The van der Waals surface area contributed by atoms with Crippen LogP contribution in [0.1, 0.15) is 0 Å². The number of hydrogen-bond acceptors (Lipinski definition) is 4. The van der Waals surface area contributed by atoms with Crippen molar-refractivity contribution in [3.8, 4) is 0 Å². The first-order valence-corrected chi connectivity index (χ1v) is 5.54. The van der Waals surface area contributed by atoms with Crippen LogP contribution >= 0.6 is 0 Å². The van der Waals surface area contributed by atoms with E-state index >= 15 is 0 Å². The average Bonchev–Trinajstić information content (AvgIpc) is 2.17. The number of fused-ring (bicyclic) bond motifs is 1. The number of aromatic nitrogens is 1. The zero-order valence-electron chi connectivity index (χ0n) is 7.58. The SMILES string of the molecule is Nc1ccc(S(=O)(=O)O)c2ccncc12. The van der Waals surface area contributed by atoms with Gasteiger partial charge in [-0.25, -0.2) is 0 Å². The fourth-order valence-electron chi connectivity index (χ4n) is 1.41. The van der Waals surface area contributed by atoms with E-state index in [1.165, 1.54) is 30.6 Å². The Kier molecular flexibility index (Phi) is 2.09. The van der Waals surface area contributed by atoms with Crippen molar-refractivity contribution in [2.75, 3.05) is 5.73 Å². The Hall–Kier alpha value is -1.66. The minimum atomic E-state index is -4.23. The molecule has 0 aliphatic heterocycles. The van der Waals surface area contributed by atoms with Crippen molar-refractivity contribution in [2.24, 2.45) is 0 Å². The predicted octanol–water partition coefficient (Wildman–Crippen LogP) is 1.06. The third-order valence-corrected chi connectivity index (χ3v) is 3.00. The van der Waals surface area contributed by atoms with Crippen LogP contribution in [0.25, 0.3) is 10.8 Å². The summed E-state index contributed by atoms with van der Waals surface area (Å²) >= 11 is 0. The quantitative estimate of drug-likeness (QED) is 0.558. The van der Waals surface area contributed by atoms with E-state index in [0.717, 1.165) is 0 Å². The third kappa shape index (κ3) is 1.64. The number of anilines is 1. The first kappa shape index (κ1) is 9.88. The molecule has 6 heteroatoms. The minimum absolute atomic E-state index is 0.158. The lowest BCUT2D eigenvalue weighted by molar-refractivity contribution is 0.484. The van der Waals surface area contributed by atoms with Gasteiger partial charge in [0.25, 0.3) is 10.1 Å². The van der Waals surface area contributed by atoms with Crippen LogP contribution in [0.4, 0.5) is 5.69 Å². The van der Waals surface area contributed by atoms with E-state index in [2.05, 4.69) is 4.98 Å². The molecule has 5 nitrogen and oxygen atoms in total. The van der Waals surface area contributed by atoms with Crippen LogP contribution in [0.5, 0.6) is 0 Å². The normalized spacial score (nSPS) is 11.8. The highest BCUT2D eigenvalue weighted by molar-refractivity contribution is 7.86. The van der Waals surface area contributed by atoms with E-state index in [-0.39, 0.29) is 4.90 Å². The highest BCUT2D eigenvalue weighted by atomic mass is 32.2. The van der Waals surface area contributed by atoms with Gasteiger partial charge in [-0.05, 0) is 18.2 Å². The van der Waals surface area contributed by atoms with Gasteiger partial charge < -0.3 is 5.73 Å². The molecule has 0 saturated carbocycles. The van der Waals surface area contributed by atoms with Crippen molar-refractivity contribution < 1.29 is 13.0 Å². The molecular formula is C9H8N2O3S. The molecule has 0 bridgehead atoms. The van der Waals surface area contributed by atoms with E-state index in [0.29, 0.717) is 16.5 Å². The van der Waals surface area contributed by atoms with Gasteiger partial charge in [0.2, 0.25) is 0 Å². The second kappa shape index (κ2) is 3.18. The Morgan fingerprint density at radius 3 is 2.60 bits per heavy atom. The molecule has 3 N–H and O–H groups in total. The molecule has 1 aromatic carbocycles. The molecule has 1 aromatic heterocycles. The minimum Gasteiger partial charge on any atom is -0.398 e. The largest absolute Gasteiger partial charge is 0.398 e. The molecule has 1 heterocycles. The maximum absolute atomic E-state index is 11.1. The molecule has 0 unspecified atom stereocenters. The van der Waals surface area contributed by atoms with Crippen LogP contribution in [0.2, 0.25) is 0 Å². The van der Waals surface area contributed by atoms with Crippen molar-refractivity contribution in [2.45, 2.75) is 4.90 Å². The number of nitrogens with zero attached hydrogens (tertiary/aromatic N) is 1. The maximum atomic E-state index is 11.1. The van der Waals surface area contributed by atoms with Crippen LogP contribution in [-0.2, 0) is 10.1 Å². The van der Waals surface area contributed by atoms with Gasteiger partial charge in [-0.15, -0.1) is 0 Å². The lowest BCUT2D eigenvalue weighted by Gasteiger charge is -2.05. The van der Waals surface area contributed by atoms with Gasteiger partial charge in [0, 0.05) is 28.9 Å². The number of rotatable bonds is 1. The fourth-order valence-corrected chi connectivity index (χ4v) is 2.11. The Morgan fingerprint density at radius 1 is 1.20 bits per heavy atom. The Morgan fingerprint density at radius 2 is 1.93 bits per heavy atom. The predicted molar refractivity (Wildman–Crippen MR) is 56.0 cm³/mol. The summed E-state index contributed by atoms with van der Waals surface area (Å²) in [7, 11) is -4.23. The molecule has 0 saturated heterocycles. The van der Waals surface area contributed by atoms with E-state index in [1.54, 1.807) is 0 Å². The van der Waals surface area contributed by atoms with Gasteiger partial charge in [-0.3, -0.25) is 9.54 Å².